The molecule has 0 aliphatic carbocycles. The first kappa shape index (κ1) is 18.1. The van der Waals surface area contributed by atoms with Crippen LogP contribution in [0.5, 0.6) is 11.5 Å². The topological polar surface area (TPSA) is 107 Å². The monoisotopic (exact) mass is 380 g/mol. The zero-order valence-electron chi connectivity index (χ0n) is 15.2. The van der Waals surface area contributed by atoms with Crippen LogP contribution in [-0.4, -0.2) is 53.2 Å². The van der Waals surface area contributed by atoms with Crippen molar-refractivity contribution < 1.29 is 19.7 Å². The number of phenolic OH excluding ortho intramolecular Hbond substituents is 2. The number of benzene rings is 2. The van der Waals surface area contributed by atoms with Crippen molar-refractivity contribution >= 4 is 11.7 Å². The third kappa shape index (κ3) is 3.34. The molecule has 0 aromatic heterocycles. The Morgan fingerprint density at radius 3 is 2.43 bits per heavy atom. The zero-order chi connectivity index (χ0) is 19.6. The number of aromatic hydroxyl groups is 2. The Morgan fingerprint density at radius 1 is 1.04 bits per heavy atom. The summed E-state index contributed by atoms with van der Waals surface area (Å²) in [6, 6.07) is 13.3. The molecule has 2 N–H and O–H groups in total. The SMILES string of the molecule is O=C(CC1(c2ccccc2O)N=NC(c2ccccc2O)=N1)N1CCOCC1. The van der Waals surface area contributed by atoms with Crippen molar-refractivity contribution in [2.45, 2.75) is 12.1 Å². The van der Waals surface area contributed by atoms with Gasteiger partial charge in [-0.2, -0.15) is 5.11 Å². The Bertz CT molecular complexity index is 953. The molecule has 2 aliphatic rings. The highest BCUT2D eigenvalue weighted by molar-refractivity contribution is 6.02. The summed E-state index contributed by atoms with van der Waals surface area (Å²) >= 11 is 0. The number of para-hydroxylation sites is 2. The Morgan fingerprint density at radius 2 is 1.71 bits per heavy atom. The summed E-state index contributed by atoms with van der Waals surface area (Å²) in [4.78, 5) is 19.2. The Hall–Kier alpha value is -3.26. The van der Waals surface area contributed by atoms with E-state index in [0.29, 0.717) is 37.4 Å². The average molecular weight is 380 g/mol. The molecule has 1 amide bonds. The number of hydrogen-bond donors (Lipinski definition) is 2. The van der Waals surface area contributed by atoms with Gasteiger partial charge in [-0.3, -0.25) is 4.79 Å². The Kier molecular flexibility index (Phi) is 4.79. The van der Waals surface area contributed by atoms with E-state index in [1.807, 2.05) is 0 Å². The van der Waals surface area contributed by atoms with E-state index < -0.39 is 5.66 Å². The number of aliphatic imine (C=N–C) groups is 1. The third-order valence-corrected chi connectivity index (χ3v) is 4.84. The lowest BCUT2D eigenvalue weighted by Gasteiger charge is -2.30. The van der Waals surface area contributed by atoms with Crippen LogP contribution in [0.25, 0.3) is 0 Å². The molecule has 28 heavy (non-hydrogen) atoms. The van der Waals surface area contributed by atoms with E-state index in [4.69, 9.17) is 4.74 Å². The molecule has 1 atom stereocenters. The number of nitrogens with zero attached hydrogens (tertiary/aromatic N) is 4. The molecule has 0 radical (unpaired) electrons. The van der Waals surface area contributed by atoms with Gasteiger partial charge in [0.2, 0.25) is 11.6 Å². The van der Waals surface area contributed by atoms with Gasteiger partial charge in [0.15, 0.2) is 5.84 Å². The molecular formula is C20H20N4O4. The molecule has 0 spiro atoms. The number of carbonyl (C=O) groups is 1. The van der Waals surface area contributed by atoms with Crippen molar-refractivity contribution in [3.63, 3.8) is 0 Å². The quantitative estimate of drug-likeness (QED) is 0.849. The number of carbonyl (C=O) groups excluding carboxylic acids is 1. The van der Waals surface area contributed by atoms with E-state index in [2.05, 4.69) is 15.2 Å². The summed E-state index contributed by atoms with van der Waals surface area (Å²) in [6.45, 7) is 1.98. The number of azo groups is 1. The zero-order valence-corrected chi connectivity index (χ0v) is 15.2. The minimum atomic E-state index is -1.38. The first-order valence-corrected chi connectivity index (χ1v) is 9.04. The normalized spacial score (nSPS) is 21.6. The lowest BCUT2D eigenvalue weighted by atomic mass is 9.95. The fourth-order valence-electron chi connectivity index (χ4n) is 3.36. The van der Waals surface area contributed by atoms with Crippen LogP contribution in [-0.2, 0) is 15.2 Å². The molecule has 2 aromatic carbocycles. The third-order valence-electron chi connectivity index (χ3n) is 4.84. The highest BCUT2D eigenvalue weighted by atomic mass is 16.5. The second kappa shape index (κ2) is 7.40. The van der Waals surface area contributed by atoms with E-state index in [0.717, 1.165) is 0 Å². The van der Waals surface area contributed by atoms with E-state index >= 15 is 0 Å². The fraction of sp³-hybridized carbons (Fsp3) is 0.300. The van der Waals surface area contributed by atoms with Crippen molar-refractivity contribution in [1.29, 1.82) is 0 Å². The number of morpholine rings is 1. The van der Waals surface area contributed by atoms with Crippen molar-refractivity contribution in [3.05, 3.63) is 59.7 Å². The van der Waals surface area contributed by atoms with Gasteiger partial charge in [-0.15, -0.1) is 5.11 Å². The number of hydrogen-bond acceptors (Lipinski definition) is 7. The Balaban J connectivity index is 1.74. The number of amidine groups is 1. The van der Waals surface area contributed by atoms with Crippen molar-refractivity contribution in [2.24, 2.45) is 15.2 Å². The van der Waals surface area contributed by atoms with Gasteiger partial charge in [-0.1, -0.05) is 30.3 Å². The van der Waals surface area contributed by atoms with E-state index in [1.54, 1.807) is 41.3 Å². The lowest BCUT2D eigenvalue weighted by Crippen LogP contribution is -2.43. The molecule has 8 nitrogen and oxygen atoms in total. The highest BCUT2D eigenvalue weighted by Gasteiger charge is 2.42. The first-order chi connectivity index (χ1) is 13.6. The summed E-state index contributed by atoms with van der Waals surface area (Å²) in [5.74, 6) is 0.0789. The van der Waals surface area contributed by atoms with Gasteiger partial charge >= 0.3 is 0 Å². The molecule has 4 rings (SSSR count). The maximum absolute atomic E-state index is 12.9. The molecular weight excluding hydrogens is 360 g/mol. The largest absolute Gasteiger partial charge is 0.508 e. The van der Waals surface area contributed by atoms with Crippen LogP contribution in [0.4, 0.5) is 0 Å². The maximum Gasteiger partial charge on any atom is 0.227 e. The fourth-order valence-corrected chi connectivity index (χ4v) is 3.36. The van der Waals surface area contributed by atoms with Crippen LogP contribution >= 0.6 is 0 Å². The lowest BCUT2D eigenvalue weighted by molar-refractivity contribution is -0.136. The minimum absolute atomic E-state index is 0.0153. The van der Waals surface area contributed by atoms with Gasteiger partial charge in [0.1, 0.15) is 11.5 Å². The number of phenols is 2. The molecule has 2 heterocycles. The smallest absolute Gasteiger partial charge is 0.227 e. The van der Waals surface area contributed by atoms with Gasteiger partial charge in [-0.05, 0) is 18.2 Å². The van der Waals surface area contributed by atoms with Gasteiger partial charge in [0, 0.05) is 18.7 Å². The second-order valence-electron chi connectivity index (χ2n) is 6.66. The molecule has 2 aromatic rings. The van der Waals surface area contributed by atoms with Crippen LogP contribution in [0.15, 0.2) is 63.8 Å². The summed E-state index contributed by atoms with van der Waals surface area (Å²) in [5.41, 5.74) is -0.564. The molecule has 1 unspecified atom stereocenters. The molecule has 1 fully saturated rings. The standard InChI is InChI=1S/C20H20N4O4/c25-16-7-3-1-5-14(16)19-21-20(23-22-19,15-6-2-4-8-17(15)26)13-18(27)24-9-11-28-12-10-24/h1-8,25-26H,9-13H2. The van der Waals surface area contributed by atoms with Crippen molar-refractivity contribution in [2.75, 3.05) is 26.3 Å². The van der Waals surface area contributed by atoms with Crippen LogP contribution < -0.4 is 0 Å². The van der Waals surface area contributed by atoms with Gasteiger partial charge < -0.3 is 19.8 Å². The number of amides is 1. The number of rotatable bonds is 4. The average Bonchev–Trinajstić information content (AvgIpc) is 3.14. The number of ether oxygens (including phenoxy) is 1. The molecule has 0 saturated carbocycles. The van der Waals surface area contributed by atoms with Crippen LogP contribution in [0.2, 0.25) is 0 Å². The Labute approximate surface area is 161 Å². The predicted molar refractivity (Wildman–Crippen MR) is 101 cm³/mol. The summed E-state index contributed by atoms with van der Waals surface area (Å²) < 4.78 is 5.31. The van der Waals surface area contributed by atoms with Crippen LogP contribution in [0, 0.1) is 0 Å². The first-order valence-electron chi connectivity index (χ1n) is 9.04. The van der Waals surface area contributed by atoms with E-state index in [-0.39, 0.29) is 29.7 Å². The molecule has 1 saturated heterocycles. The van der Waals surface area contributed by atoms with E-state index in [1.165, 1.54) is 12.1 Å². The minimum Gasteiger partial charge on any atom is -0.508 e. The van der Waals surface area contributed by atoms with Crippen LogP contribution in [0.3, 0.4) is 0 Å². The van der Waals surface area contributed by atoms with Gasteiger partial charge in [0.25, 0.3) is 0 Å². The van der Waals surface area contributed by atoms with Gasteiger partial charge in [-0.25, -0.2) is 4.99 Å². The maximum atomic E-state index is 12.9. The molecule has 2 aliphatic heterocycles. The highest BCUT2D eigenvalue weighted by Crippen LogP contribution is 2.41. The predicted octanol–water partition coefficient (Wildman–Crippen LogP) is 2.41. The summed E-state index contributed by atoms with van der Waals surface area (Å²) in [7, 11) is 0. The van der Waals surface area contributed by atoms with E-state index in [9.17, 15) is 15.0 Å². The molecule has 144 valence electrons. The molecule has 8 heteroatoms. The van der Waals surface area contributed by atoms with Crippen LogP contribution in [0.1, 0.15) is 17.5 Å². The van der Waals surface area contributed by atoms with Crippen molar-refractivity contribution in [1.82, 2.24) is 4.90 Å². The summed E-state index contributed by atoms with van der Waals surface area (Å²) in [6.07, 6.45) is -0.0782. The van der Waals surface area contributed by atoms with Crippen molar-refractivity contribution in [3.8, 4) is 11.5 Å². The summed E-state index contributed by atoms with van der Waals surface area (Å²) in [5, 5.41) is 29.0. The molecule has 0 bridgehead atoms. The second-order valence-corrected chi connectivity index (χ2v) is 6.66. The van der Waals surface area contributed by atoms with Gasteiger partial charge in [0.05, 0.1) is 25.2 Å².